The molecule has 0 fully saturated rings. The molecule has 0 saturated carbocycles. The van der Waals surface area contributed by atoms with Crippen LogP contribution in [0.3, 0.4) is 0 Å². The van der Waals surface area contributed by atoms with Gasteiger partial charge in [-0.3, -0.25) is 4.79 Å². The summed E-state index contributed by atoms with van der Waals surface area (Å²) in [4.78, 5) is 12.7. The number of amides is 1. The molecule has 0 aromatic heterocycles. The van der Waals surface area contributed by atoms with Gasteiger partial charge in [-0.2, -0.15) is 13.2 Å². The highest BCUT2D eigenvalue weighted by molar-refractivity contribution is 5.94. The Kier molecular flexibility index (Phi) is 5.43. The van der Waals surface area contributed by atoms with Gasteiger partial charge in [-0.1, -0.05) is 26.8 Å². The normalized spacial score (nSPS) is 23.2. The van der Waals surface area contributed by atoms with Crippen molar-refractivity contribution in [2.45, 2.75) is 90.0 Å². The van der Waals surface area contributed by atoms with Gasteiger partial charge in [0.2, 0.25) is 5.91 Å². The number of rotatable bonds is 2. The SMILES string of the molecule is CC(C)(C)c1cc(O)c2c(c1)OC(C)(C)[C@@H]1CC=C(C(=O)NC(C)(C)C(F)(F)F)CC21. The first-order valence-corrected chi connectivity index (χ1v) is 10.6. The van der Waals surface area contributed by atoms with E-state index in [-0.39, 0.29) is 29.4 Å². The molecule has 1 unspecified atom stereocenters. The zero-order valence-electron chi connectivity index (χ0n) is 19.2. The van der Waals surface area contributed by atoms with Gasteiger partial charge in [-0.05, 0) is 63.6 Å². The predicted octanol–water partition coefficient (Wildman–Crippen LogP) is 5.74. The van der Waals surface area contributed by atoms with E-state index < -0.39 is 23.2 Å². The summed E-state index contributed by atoms with van der Waals surface area (Å²) in [5.41, 5.74) is -1.22. The van der Waals surface area contributed by atoms with E-state index >= 15 is 0 Å². The van der Waals surface area contributed by atoms with Crippen molar-refractivity contribution >= 4 is 5.91 Å². The third-order valence-electron chi connectivity index (χ3n) is 6.59. The molecular formula is C24H32F3NO3. The minimum atomic E-state index is -4.56. The molecule has 0 saturated heterocycles. The number of nitrogens with one attached hydrogen (secondary N) is 1. The fourth-order valence-electron chi connectivity index (χ4n) is 4.45. The summed E-state index contributed by atoms with van der Waals surface area (Å²) in [6.07, 6.45) is -2.13. The minimum absolute atomic E-state index is 0.0152. The maximum absolute atomic E-state index is 13.2. The molecule has 1 aromatic carbocycles. The summed E-state index contributed by atoms with van der Waals surface area (Å²) < 4.78 is 46.0. The zero-order valence-corrected chi connectivity index (χ0v) is 19.2. The summed E-state index contributed by atoms with van der Waals surface area (Å²) >= 11 is 0. The molecule has 4 nitrogen and oxygen atoms in total. The van der Waals surface area contributed by atoms with E-state index in [2.05, 4.69) is 5.32 Å². The molecule has 2 atom stereocenters. The molecule has 172 valence electrons. The molecule has 2 N–H and O–H groups in total. The summed E-state index contributed by atoms with van der Waals surface area (Å²) in [5, 5.41) is 13.0. The van der Waals surface area contributed by atoms with Crippen molar-refractivity contribution in [1.82, 2.24) is 5.32 Å². The highest BCUT2D eigenvalue weighted by Gasteiger charge is 2.50. The van der Waals surface area contributed by atoms with Crippen LogP contribution in [0, 0.1) is 5.92 Å². The van der Waals surface area contributed by atoms with Crippen molar-refractivity contribution in [3.8, 4) is 11.5 Å². The first-order valence-electron chi connectivity index (χ1n) is 10.6. The van der Waals surface area contributed by atoms with Gasteiger partial charge in [0.25, 0.3) is 0 Å². The number of carbonyl (C=O) groups excluding carboxylic acids is 1. The molecule has 1 amide bonds. The molecule has 1 aliphatic heterocycles. The number of allylic oxidation sites excluding steroid dienone is 1. The molecule has 0 spiro atoms. The van der Waals surface area contributed by atoms with Gasteiger partial charge in [-0.15, -0.1) is 0 Å². The third-order valence-corrected chi connectivity index (χ3v) is 6.59. The lowest BCUT2D eigenvalue weighted by Gasteiger charge is -2.47. The number of fused-ring (bicyclic) bond motifs is 3. The second-order valence-electron chi connectivity index (χ2n) is 10.8. The van der Waals surface area contributed by atoms with Gasteiger partial charge in [0.05, 0.1) is 0 Å². The van der Waals surface area contributed by atoms with Gasteiger partial charge in [0, 0.05) is 23.0 Å². The number of halogens is 3. The Morgan fingerprint density at radius 3 is 2.32 bits per heavy atom. The van der Waals surface area contributed by atoms with Crippen molar-refractivity contribution in [2.24, 2.45) is 5.92 Å². The van der Waals surface area contributed by atoms with Crippen LogP contribution in [0.2, 0.25) is 0 Å². The fourth-order valence-corrected chi connectivity index (χ4v) is 4.45. The van der Waals surface area contributed by atoms with Crippen LogP contribution in [0.4, 0.5) is 13.2 Å². The van der Waals surface area contributed by atoms with Crippen LogP contribution in [0.1, 0.15) is 78.4 Å². The highest BCUT2D eigenvalue weighted by Crippen LogP contribution is 2.54. The number of benzene rings is 1. The van der Waals surface area contributed by atoms with Crippen LogP contribution in [0.25, 0.3) is 0 Å². The number of hydrogen-bond acceptors (Lipinski definition) is 3. The maximum atomic E-state index is 13.2. The number of ether oxygens (including phenoxy) is 1. The predicted molar refractivity (Wildman–Crippen MR) is 113 cm³/mol. The molecule has 2 aliphatic rings. The average molecular weight is 440 g/mol. The zero-order chi connectivity index (χ0) is 23.6. The molecule has 1 aliphatic carbocycles. The second kappa shape index (κ2) is 7.17. The number of aromatic hydroxyl groups is 1. The summed E-state index contributed by atoms with van der Waals surface area (Å²) in [6.45, 7) is 12.0. The summed E-state index contributed by atoms with van der Waals surface area (Å²) in [5.74, 6) is -0.290. The topological polar surface area (TPSA) is 58.6 Å². The van der Waals surface area contributed by atoms with E-state index in [0.717, 1.165) is 19.4 Å². The minimum Gasteiger partial charge on any atom is -0.508 e. The summed E-state index contributed by atoms with van der Waals surface area (Å²) in [6, 6.07) is 3.65. The Morgan fingerprint density at radius 2 is 1.77 bits per heavy atom. The van der Waals surface area contributed by atoms with E-state index in [9.17, 15) is 23.1 Å². The maximum Gasteiger partial charge on any atom is 0.410 e. The average Bonchev–Trinajstić information content (AvgIpc) is 2.58. The van der Waals surface area contributed by atoms with Gasteiger partial charge >= 0.3 is 6.18 Å². The Balaban J connectivity index is 1.97. The smallest absolute Gasteiger partial charge is 0.410 e. The Bertz CT molecular complexity index is 923. The van der Waals surface area contributed by atoms with Gasteiger partial charge in [-0.25, -0.2) is 0 Å². The van der Waals surface area contributed by atoms with Crippen molar-refractivity contribution in [3.63, 3.8) is 0 Å². The molecule has 31 heavy (non-hydrogen) atoms. The number of phenolic OH excluding ortho intramolecular Hbond substituents is 1. The van der Waals surface area contributed by atoms with Crippen molar-refractivity contribution < 1.29 is 27.8 Å². The summed E-state index contributed by atoms with van der Waals surface area (Å²) in [7, 11) is 0. The molecule has 1 heterocycles. The third kappa shape index (κ3) is 4.28. The quantitative estimate of drug-likeness (QED) is 0.618. The Labute approximate surface area is 181 Å². The first kappa shape index (κ1) is 23.5. The second-order valence-corrected chi connectivity index (χ2v) is 10.8. The largest absolute Gasteiger partial charge is 0.508 e. The Morgan fingerprint density at radius 1 is 1.16 bits per heavy atom. The van der Waals surface area contributed by atoms with Crippen LogP contribution in [0.5, 0.6) is 11.5 Å². The first-order chi connectivity index (χ1) is 13.9. The lowest BCUT2D eigenvalue weighted by molar-refractivity contribution is -0.187. The monoisotopic (exact) mass is 439 g/mol. The van der Waals surface area contributed by atoms with E-state index in [0.29, 0.717) is 23.3 Å². The molecular weight excluding hydrogens is 407 g/mol. The highest BCUT2D eigenvalue weighted by atomic mass is 19.4. The van der Waals surface area contributed by atoms with Gasteiger partial charge < -0.3 is 15.2 Å². The number of hydrogen-bond donors (Lipinski definition) is 2. The molecule has 0 bridgehead atoms. The van der Waals surface area contributed by atoms with Crippen molar-refractivity contribution in [3.05, 3.63) is 34.9 Å². The van der Waals surface area contributed by atoms with Crippen molar-refractivity contribution in [1.29, 1.82) is 0 Å². The molecule has 0 radical (unpaired) electrons. The molecule has 3 rings (SSSR count). The Hall–Kier alpha value is -2.18. The van der Waals surface area contributed by atoms with E-state index in [4.69, 9.17) is 4.74 Å². The lowest BCUT2D eigenvalue weighted by Crippen LogP contribution is -2.55. The van der Waals surface area contributed by atoms with Crippen molar-refractivity contribution in [2.75, 3.05) is 0 Å². The standard InChI is InChI=1S/C24H32F3NO3/c1-21(2,3)14-11-17(29)19-15-10-13(20(30)28-23(6,7)24(25,26)27)8-9-16(15)22(4,5)31-18(19)12-14/h8,11-12,15-16,29H,9-10H2,1-7H3,(H,28,30)/t15?,16-/m1/s1. The van der Waals surface area contributed by atoms with Gasteiger partial charge in [0.15, 0.2) is 0 Å². The van der Waals surface area contributed by atoms with Crippen LogP contribution in [0.15, 0.2) is 23.8 Å². The molecule has 7 heteroatoms. The van der Waals surface area contributed by atoms with Crippen LogP contribution >= 0.6 is 0 Å². The molecule has 1 aromatic rings. The van der Waals surface area contributed by atoms with E-state index in [1.54, 1.807) is 12.1 Å². The van der Waals surface area contributed by atoms with Crippen LogP contribution < -0.4 is 10.1 Å². The van der Waals surface area contributed by atoms with E-state index in [1.165, 1.54) is 0 Å². The number of alkyl halides is 3. The van der Waals surface area contributed by atoms with E-state index in [1.807, 2.05) is 40.7 Å². The number of carbonyl (C=O) groups is 1. The fraction of sp³-hybridized carbons (Fsp3) is 0.625. The van der Waals surface area contributed by atoms with Gasteiger partial charge in [0.1, 0.15) is 22.6 Å². The van der Waals surface area contributed by atoms with Crippen LogP contribution in [-0.4, -0.2) is 28.3 Å². The lowest BCUT2D eigenvalue weighted by atomic mass is 9.66. The number of phenols is 1. The van der Waals surface area contributed by atoms with Crippen LogP contribution in [-0.2, 0) is 10.2 Å².